The smallest absolute Gasteiger partial charge is 0.193 e. The largest absolute Gasteiger partial charge is 0.356 e. The summed E-state index contributed by atoms with van der Waals surface area (Å²) in [6.07, 6.45) is 8.17. The average molecular weight is 395 g/mol. The summed E-state index contributed by atoms with van der Waals surface area (Å²) in [6, 6.07) is 2.14. The van der Waals surface area contributed by atoms with Crippen LogP contribution in [0, 0.1) is 6.92 Å². The predicted molar refractivity (Wildman–Crippen MR) is 102 cm³/mol. The van der Waals surface area contributed by atoms with Gasteiger partial charge in [-0.3, -0.25) is 4.99 Å². The Hall–Kier alpha value is -1.76. The summed E-state index contributed by atoms with van der Waals surface area (Å²) in [5.74, 6) is 2.00. The number of nitrogens with one attached hydrogen (secondary N) is 1. The molecule has 24 heavy (non-hydrogen) atoms. The third-order valence-corrected chi connectivity index (χ3v) is 4.51. The molecule has 0 amide bonds. The van der Waals surface area contributed by atoms with Gasteiger partial charge < -0.3 is 19.4 Å². The van der Waals surface area contributed by atoms with Crippen molar-refractivity contribution in [2.45, 2.75) is 32.9 Å². The summed E-state index contributed by atoms with van der Waals surface area (Å²) in [6.45, 7) is 4.79. The van der Waals surface area contributed by atoms with Crippen LogP contribution in [0.15, 0.2) is 34.1 Å². The lowest BCUT2D eigenvalue weighted by atomic mass is 10.3. The van der Waals surface area contributed by atoms with Crippen molar-refractivity contribution in [2.24, 2.45) is 12.0 Å². The zero-order valence-corrected chi connectivity index (χ0v) is 16.5. The number of hydrogen-bond acceptors (Lipinski definition) is 2. The van der Waals surface area contributed by atoms with Gasteiger partial charge in [0.15, 0.2) is 5.96 Å². The maximum Gasteiger partial charge on any atom is 0.193 e. The van der Waals surface area contributed by atoms with E-state index in [0.29, 0.717) is 0 Å². The number of rotatable bonds is 7. The first-order valence-corrected chi connectivity index (χ1v) is 9.01. The maximum absolute atomic E-state index is 4.38. The Kier molecular flexibility index (Phi) is 6.90. The standard InChI is InChI=1S/C17H27BrN6/c1-14-20-8-10-24(14)9-6-5-7-21-17(19-2)23(4)13-16-11-15(18)12-22(16)3/h8,10-12H,5-7,9,13H2,1-4H3,(H,19,21). The lowest BCUT2D eigenvalue weighted by Gasteiger charge is -2.22. The van der Waals surface area contributed by atoms with Gasteiger partial charge in [-0.25, -0.2) is 4.98 Å². The molecule has 1 N–H and O–H groups in total. The van der Waals surface area contributed by atoms with E-state index in [-0.39, 0.29) is 0 Å². The zero-order chi connectivity index (χ0) is 17.5. The van der Waals surface area contributed by atoms with E-state index in [2.05, 4.69) is 71.6 Å². The Labute approximate surface area is 152 Å². The minimum Gasteiger partial charge on any atom is -0.356 e. The van der Waals surface area contributed by atoms with Crippen LogP contribution in [0.25, 0.3) is 0 Å². The first-order valence-electron chi connectivity index (χ1n) is 8.21. The molecule has 2 aromatic heterocycles. The number of unbranched alkanes of at least 4 members (excludes halogenated alkanes) is 1. The number of hydrogen-bond donors (Lipinski definition) is 1. The molecule has 0 radical (unpaired) electrons. The van der Waals surface area contributed by atoms with Crippen LogP contribution < -0.4 is 5.32 Å². The number of imidazole rings is 1. The molecule has 0 unspecified atom stereocenters. The van der Waals surface area contributed by atoms with E-state index in [1.165, 1.54) is 5.69 Å². The highest BCUT2D eigenvalue weighted by atomic mass is 79.9. The van der Waals surface area contributed by atoms with Crippen LogP contribution in [0.4, 0.5) is 0 Å². The van der Waals surface area contributed by atoms with Gasteiger partial charge in [-0.1, -0.05) is 0 Å². The maximum atomic E-state index is 4.38. The van der Waals surface area contributed by atoms with Crippen molar-refractivity contribution in [1.29, 1.82) is 0 Å². The molecule has 0 atom stereocenters. The van der Waals surface area contributed by atoms with E-state index in [9.17, 15) is 0 Å². The molecular formula is C17H27BrN6. The van der Waals surface area contributed by atoms with Crippen molar-refractivity contribution in [2.75, 3.05) is 20.6 Å². The lowest BCUT2D eigenvalue weighted by Crippen LogP contribution is -2.39. The fourth-order valence-electron chi connectivity index (χ4n) is 2.67. The van der Waals surface area contributed by atoms with E-state index >= 15 is 0 Å². The quantitative estimate of drug-likeness (QED) is 0.446. The third-order valence-electron chi connectivity index (χ3n) is 4.08. The van der Waals surface area contributed by atoms with Crippen molar-refractivity contribution < 1.29 is 0 Å². The van der Waals surface area contributed by atoms with E-state index in [1.807, 2.05) is 26.4 Å². The molecule has 0 bridgehead atoms. The molecule has 2 heterocycles. The van der Waals surface area contributed by atoms with Crippen LogP contribution in [0.1, 0.15) is 24.4 Å². The minimum atomic E-state index is 0.815. The topological polar surface area (TPSA) is 50.4 Å². The highest BCUT2D eigenvalue weighted by Crippen LogP contribution is 2.14. The molecule has 0 saturated heterocycles. The minimum absolute atomic E-state index is 0.815. The van der Waals surface area contributed by atoms with Gasteiger partial charge >= 0.3 is 0 Å². The number of halogens is 1. The van der Waals surface area contributed by atoms with Crippen LogP contribution in [0.3, 0.4) is 0 Å². The number of nitrogens with zero attached hydrogens (tertiary/aromatic N) is 5. The number of guanidine groups is 1. The first-order chi connectivity index (χ1) is 11.5. The van der Waals surface area contributed by atoms with Crippen LogP contribution >= 0.6 is 15.9 Å². The van der Waals surface area contributed by atoms with Crippen molar-refractivity contribution in [3.63, 3.8) is 0 Å². The number of aromatic nitrogens is 3. The Morgan fingerprint density at radius 2 is 2.21 bits per heavy atom. The van der Waals surface area contributed by atoms with Crippen molar-refractivity contribution >= 4 is 21.9 Å². The van der Waals surface area contributed by atoms with Crippen LogP contribution in [-0.4, -0.2) is 45.6 Å². The summed E-state index contributed by atoms with van der Waals surface area (Å²) in [5, 5.41) is 3.44. The van der Waals surface area contributed by atoms with Gasteiger partial charge in [0.05, 0.1) is 6.54 Å². The predicted octanol–water partition coefficient (Wildman–Crippen LogP) is 2.78. The SMILES string of the molecule is CN=C(NCCCCn1ccnc1C)N(C)Cc1cc(Br)cn1C. The Bertz CT molecular complexity index is 672. The van der Waals surface area contributed by atoms with E-state index in [1.54, 1.807) is 0 Å². The van der Waals surface area contributed by atoms with Gasteiger partial charge in [0.1, 0.15) is 5.82 Å². The molecule has 132 valence electrons. The molecule has 7 heteroatoms. The molecule has 6 nitrogen and oxygen atoms in total. The van der Waals surface area contributed by atoms with Gasteiger partial charge in [0, 0.05) is 63.0 Å². The van der Waals surface area contributed by atoms with Gasteiger partial charge in [-0.15, -0.1) is 0 Å². The van der Waals surface area contributed by atoms with Gasteiger partial charge in [0.25, 0.3) is 0 Å². The van der Waals surface area contributed by atoms with E-state index in [0.717, 1.165) is 48.7 Å². The number of aryl methyl sites for hydroxylation is 3. The second-order valence-electron chi connectivity index (χ2n) is 5.97. The van der Waals surface area contributed by atoms with E-state index in [4.69, 9.17) is 0 Å². The summed E-state index contributed by atoms with van der Waals surface area (Å²) in [4.78, 5) is 10.8. The van der Waals surface area contributed by atoms with Crippen molar-refractivity contribution in [3.8, 4) is 0 Å². The summed E-state index contributed by atoms with van der Waals surface area (Å²) < 4.78 is 5.42. The molecule has 2 rings (SSSR count). The lowest BCUT2D eigenvalue weighted by molar-refractivity contribution is 0.459. The third kappa shape index (κ3) is 5.12. The second kappa shape index (κ2) is 8.92. The van der Waals surface area contributed by atoms with Crippen LogP contribution in [0.2, 0.25) is 0 Å². The molecule has 0 spiro atoms. The number of aliphatic imine (C=N–C) groups is 1. The Morgan fingerprint density at radius 3 is 2.79 bits per heavy atom. The zero-order valence-electron chi connectivity index (χ0n) is 15.0. The van der Waals surface area contributed by atoms with Crippen molar-refractivity contribution in [1.82, 2.24) is 24.3 Å². The fraction of sp³-hybridized carbons (Fsp3) is 0.529. The summed E-state index contributed by atoms with van der Waals surface area (Å²) in [7, 11) is 5.95. The fourth-order valence-corrected chi connectivity index (χ4v) is 3.24. The molecule has 0 aromatic carbocycles. The first kappa shape index (κ1) is 18.6. The monoisotopic (exact) mass is 394 g/mol. The van der Waals surface area contributed by atoms with E-state index < -0.39 is 0 Å². The normalized spacial score (nSPS) is 11.8. The Morgan fingerprint density at radius 1 is 1.42 bits per heavy atom. The second-order valence-corrected chi connectivity index (χ2v) is 6.88. The molecule has 0 saturated carbocycles. The summed E-state index contributed by atoms with van der Waals surface area (Å²) >= 11 is 3.52. The average Bonchev–Trinajstić information content (AvgIpc) is 3.08. The molecule has 0 aliphatic carbocycles. The van der Waals surface area contributed by atoms with Gasteiger partial charge in [-0.05, 0) is 41.8 Å². The van der Waals surface area contributed by atoms with Gasteiger partial charge in [-0.2, -0.15) is 0 Å². The highest BCUT2D eigenvalue weighted by Gasteiger charge is 2.09. The molecular weight excluding hydrogens is 368 g/mol. The van der Waals surface area contributed by atoms with Crippen LogP contribution in [-0.2, 0) is 20.1 Å². The van der Waals surface area contributed by atoms with Gasteiger partial charge in [0.2, 0.25) is 0 Å². The highest BCUT2D eigenvalue weighted by molar-refractivity contribution is 9.10. The van der Waals surface area contributed by atoms with Crippen molar-refractivity contribution in [3.05, 3.63) is 40.6 Å². The summed E-state index contributed by atoms with van der Waals surface area (Å²) in [5.41, 5.74) is 1.24. The molecule has 0 aliphatic rings. The molecule has 2 aromatic rings. The molecule has 0 fully saturated rings. The molecule has 0 aliphatic heterocycles. The Balaban J connectivity index is 1.73. The van der Waals surface area contributed by atoms with Crippen LogP contribution in [0.5, 0.6) is 0 Å².